The van der Waals surface area contributed by atoms with Crippen molar-refractivity contribution in [3.05, 3.63) is 41.7 Å². The van der Waals surface area contributed by atoms with Gasteiger partial charge in [-0.2, -0.15) is 0 Å². The van der Waals surface area contributed by atoms with E-state index in [0.717, 1.165) is 0 Å². The second-order valence-electron chi connectivity index (χ2n) is 7.55. The second-order valence-corrected chi connectivity index (χ2v) is 9.42. The number of amides is 3. The average Bonchev–Trinajstić information content (AvgIpc) is 2.97. The second kappa shape index (κ2) is 10.5. The van der Waals surface area contributed by atoms with Gasteiger partial charge in [0.15, 0.2) is 11.6 Å². The van der Waals surface area contributed by atoms with Crippen LogP contribution in [0.2, 0.25) is 0 Å². The number of rotatable bonds is 11. The van der Waals surface area contributed by atoms with Crippen molar-refractivity contribution < 1.29 is 27.1 Å². The van der Waals surface area contributed by atoms with E-state index >= 15 is 0 Å². The summed E-state index contributed by atoms with van der Waals surface area (Å²) >= 11 is 0. The summed E-state index contributed by atoms with van der Waals surface area (Å²) in [4.78, 5) is 23.8. The van der Waals surface area contributed by atoms with Crippen LogP contribution in [-0.4, -0.2) is 50.7 Å². The first-order chi connectivity index (χ1) is 14.1. The summed E-state index contributed by atoms with van der Waals surface area (Å²) in [6.07, 6.45) is 3.54. The Bertz CT molecular complexity index is 902. The molecule has 0 bridgehead atoms. The molecule has 1 aliphatic rings. The zero-order valence-corrected chi connectivity index (χ0v) is 18.2. The number of nitrogens with zero attached hydrogens (tertiary/aromatic N) is 1. The molecule has 1 saturated heterocycles. The Morgan fingerprint density at radius 2 is 2.00 bits per heavy atom. The molecule has 0 unspecified atom stereocenters. The molecule has 166 valence electrons. The maximum atomic E-state index is 13.9. The third-order valence-electron chi connectivity index (χ3n) is 4.30. The minimum absolute atomic E-state index is 0.00107. The molecule has 1 fully saturated rings. The fourth-order valence-electron chi connectivity index (χ4n) is 2.73. The zero-order valence-electron chi connectivity index (χ0n) is 17.4. The molecule has 0 radical (unpaired) electrons. The SMILES string of the molecule is CC(C)COc1cc([C@@H](C)NS(=O)(=O)CC/C=C/CN2CC(=O)NC2=O)ccc1F. The Balaban J connectivity index is 1.85. The number of ether oxygens (including phenoxy) is 1. The van der Waals surface area contributed by atoms with Gasteiger partial charge in [-0.25, -0.2) is 22.3 Å². The van der Waals surface area contributed by atoms with E-state index in [4.69, 9.17) is 4.74 Å². The highest BCUT2D eigenvalue weighted by Gasteiger charge is 2.25. The zero-order chi connectivity index (χ0) is 22.3. The predicted molar refractivity (Wildman–Crippen MR) is 111 cm³/mol. The summed E-state index contributed by atoms with van der Waals surface area (Å²) in [6, 6.07) is 3.28. The van der Waals surface area contributed by atoms with Crippen molar-refractivity contribution in [3.63, 3.8) is 0 Å². The lowest BCUT2D eigenvalue weighted by atomic mass is 10.1. The van der Waals surface area contributed by atoms with Gasteiger partial charge in [0, 0.05) is 12.6 Å². The molecular weight excluding hydrogens is 413 g/mol. The van der Waals surface area contributed by atoms with Crippen LogP contribution in [0.3, 0.4) is 0 Å². The monoisotopic (exact) mass is 441 g/mol. The Morgan fingerprint density at radius 3 is 2.63 bits per heavy atom. The van der Waals surface area contributed by atoms with Crippen molar-refractivity contribution in [1.29, 1.82) is 0 Å². The maximum absolute atomic E-state index is 13.9. The Morgan fingerprint density at radius 1 is 1.27 bits per heavy atom. The van der Waals surface area contributed by atoms with Gasteiger partial charge in [0.05, 0.1) is 12.4 Å². The number of sulfonamides is 1. The lowest BCUT2D eigenvalue weighted by Crippen LogP contribution is -2.29. The van der Waals surface area contributed by atoms with E-state index < -0.39 is 27.9 Å². The standard InChI is InChI=1S/C20H28FN3O5S/c1-14(2)13-29-18-11-16(7-8-17(18)21)15(3)23-30(27,28)10-6-4-5-9-24-12-19(25)22-20(24)26/h4-5,7-8,11,14-15,23H,6,9-10,12-13H2,1-3H3,(H,22,25,26)/b5-4+/t15-/m1/s1. The summed E-state index contributed by atoms with van der Waals surface area (Å²) in [5, 5.41) is 2.17. The van der Waals surface area contributed by atoms with Crippen LogP contribution in [0.4, 0.5) is 9.18 Å². The van der Waals surface area contributed by atoms with Crippen LogP contribution in [-0.2, 0) is 14.8 Å². The van der Waals surface area contributed by atoms with E-state index in [0.29, 0.717) is 12.2 Å². The molecule has 0 spiro atoms. The fraction of sp³-hybridized carbons (Fsp3) is 0.500. The van der Waals surface area contributed by atoms with E-state index in [1.807, 2.05) is 13.8 Å². The molecule has 0 aliphatic carbocycles. The number of hydrogen-bond donors (Lipinski definition) is 2. The van der Waals surface area contributed by atoms with Crippen molar-refractivity contribution in [3.8, 4) is 5.75 Å². The molecule has 3 amide bonds. The first kappa shape index (κ1) is 23.8. The van der Waals surface area contributed by atoms with Crippen LogP contribution in [0.5, 0.6) is 5.75 Å². The highest BCUT2D eigenvalue weighted by Crippen LogP contribution is 2.24. The molecule has 2 rings (SSSR count). The Kier molecular flexibility index (Phi) is 8.36. The quantitative estimate of drug-likeness (QED) is 0.405. The molecule has 2 N–H and O–H groups in total. The van der Waals surface area contributed by atoms with Gasteiger partial charge in [-0.05, 0) is 37.0 Å². The molecule has 0 saturated carbocycles. The molecule has 1 aromatic carbocycles. The van der Waals surface area contributed by atoms with E-state index in [-0.39, 0.29) is 42.8 Å². The number of halogens is 1. The van der Waals surface area contributed by atoms with Gasteiger partial charge in [-0.3, -0.25) is 10.1 Å². The van der Waals surface area contributed by atoms with Crippen LogP contribution in [0.15, 0.2) is 30.4 Å². The van der Waals surface area contributed by atoms with Crippen LogP contribution in [0.25, 0.3) is 0 Å². The highest BCUT2D eigenvalue weighted by atomic mass is 32.2. The summed E-state index contributed by atoms with van der Waals surface area (Å²) in [5.74, 6) is -0.658. The molecule has 10 heteroatoms. The molecule has 1 heterocycles. The normalized spacial score (nSPS) is 15.8. The number of imide groups is 1. The smallest absolute Gasteiger partial charge is 0.324 e. The van der Waals surface area contributed by atoms with Gasteiger partial charge < -0.3 is 9.64 Å². The van der Waals surface area contributed by atoms with Crippen LogP contribution in [0.1, 0.15) is 38.8 Å². The number of carbonyl (C=O) groups excluding carboxylic acids is 2. The number of hydrogen-bond acceptors (Lipinski definition) is 5. The first-order valence-electron chi connectivity index (χ1n) is 9.73. The number of urea groups is 1. The van der Waals surface area contributed by atoms with Gasteiger partial charge in [0.25, 0.3) is 0 Å². The Hall–Kier alpha value is -2.46. The summed E-state index contributed by atoms with van der Waals surface area (Å²) in [7, 11) is -3.58. The molecular formula is C20H28FN3O5S. The molecule has 30 heavy (non-hydrogen) atoms. The van der Waals surface area contributed by atoms with Crippen molar-refractivity contribution in [1.82, 2.24) is 14.9 Å². The van der Waals surface area contributed by atoms with Gasteiger partial charge in [0.1, 0.15) is 6.54 Å². The molecule has 1 aromatic rings. The third kappa shape index (κ3) is 7.42. The molecule has 1 atom stereocenters. The number of carbonyl (C=O) groups is 2. The lowest BCUT2D eigenvalue weighted by Gasteiger charge is -2.16. The topological polar surface area (TPSA) is 105 Å². The summed E-state index contributed by atoms with van der Waals surface area (Å²) < 4.78 is 46.6. The summed E-state index contributed by atoms with van der Waals surface area (Å²) in [5.41, 5.74) is 0.596. The lowest BCUT2D eigenvalue weighted by molar-refractivity contribution is -0.118. The number of nitrogens with one attached hydrogen (secondary N) is 2. The molecule has 8 nitrogen and oxygen atoms in total. The average molecular weight is 442 g/mol. The Labute approximate surface area is 176 Å². The minimum Gasteiger partial charge on any atom is -0.490 e. The minimum atomic E-state index is -3.58. The molecule has 1 aliphatic heterocycles. The maximum Gasteiger partial charge on any atom is 0.324 e. The number of allylic oxidation sites excluding steroid dienone is 1. The summed E-state index contributed by atoms with van der Waals surface area (Å²) in [6.45, 7) is 6.17. The van der Waals surface area contributed by atoms with Crippen LogP contribution >= 0.6 is 0 Å². The van der Waals surface area contributed by atoms with Crippen molar-refractivity contribution in [2.75, 3.05) is 25.4 Å². The third-order valence-corrected chi connectivity index (χ3v) is 5.78. The van der Waals surface area contributed by atoms with Crippen molar-refractivity contribution >= 4 is 22.0 Å². The van der Waals surface area contributed by atoms with Crippen LogP contribution in [0, 0.1) is 11.7 Å². The largest absolute Gasteiger partial charge is 0.490 e. The number of benzene rings is 1. The van der Waals surface area contributed by atoms with E-state index in [9.17, 15) is 22.4 Å². The first-order valence-corrected chi connectivity index (χ1v) is 11.4. The van der Waals surface area contributed by atoms with E-state index in [2.05, 4.69) is 10.0 Å². The van der Waals surface area contributed by atoms with Gasteiger partial charge in [-0.1, -0.05) is 32.1 Å². The van der Waals surface area contributed by atoms with Crippen molar-refractivity contribution in [2.24, 2.45) is 5.92 Å². The highest BCUT2D eigenvalue weighted by molar-refractivity contribution is 7.89. The van der Waals surface area contributed by atoms with Crippen molar-refractivity contribution in [2.45, 2.75) is 33.2 Å². The van der Waals surface area contributed by atoms with Crippen LogP contribution < -0.4 is 14.8 Å². The van der Waals surface area contributed by atoms with E-state index in [1.165, 1.54) is 23.1 Å². The van der Waals surface area contributed by atoms with E-state index in [1.54, 1.807) is 19.1 Å². The fourth-order valence-corrected chi connectivity index (χ4v) is 3.96. The predicted octanol–water partition coefficient (Wildman–Crippen LogP) is 2.34. The molecule has 0 aromatic heterocycles. The van der Waals surface area contributed by atoms with Gasteiger partial charge >= 0.3 is 6.03 Å². The van der Waals surface area contributed by atoms with Gasteiger partial charge in [-0.15, -0.1) is 0 Å². The van der Waals surface area contributed by atoms with Gasteiger partial charge in [0.2, 0.25) is 15.9 Å².